The van der Waals surface area contributed by atoms with Gasteiger partial charge in [0.25, 0.3) is 5.91 Å². The highest BCUT2D eigenvalue weighted by Gasteiger charge is 2.04. The summed E-state index contributed by atoms with van der Waals surface area (Å²) in [5.41, 5.74) is 3.52. The third kappa shape index (κ3) is 3.16. The van der Waals surface area contributed by atoms with Crippen LogP contribution < -0.4 is 5.43 Å². The molecule has 6 heteroatoms. The van der Waals surface area contributed by atoms with Gasteiger partial charge in [-0.3, -0.25) is 9.78 Å². The van der Waals surface area contributed by atoms with Crippen molar-refractivity contribution in [2.45, 2.75) is 13.8 Å². The number of carbonyl (C=O) groups is 1. The maximum Gasteiger partial charge on any atom is 0.272 e. The van der Waals surface area contributed by atoms with Crippen LogP contribution in [0.25, 0.3) is 0 Å². The molecule has 0 saturated heterocycles. The molecule has 6 nitrogen and oxygen atoms in total. The fourth-order valence-corrected chi connectivity index (χ4v) is 0.850. The highest BCUT2D eigenvalue weighted by Crippen LogP contribution is 1.94. The number of pyridine rings is 1. The van der Waals surface area contributed by atoms with Crippen molar-refractivity contribution in [2.75, 3.05) is 0 Å². The number of nitrogens with zero attached hydrogens (tertiary/aromatic N) is 3. The number of rotatable bonds is 3. The van der Waals surface area contributed by atoms with E-state index in [4.69, 9.17) is 5.21 Å². The van der Waals surface area contributed by atoms with Crippen LogP contribution in [0.15, 0.2) is 34.8 Å². The Labute approximate surface area is 92.7 Å². The molecule has 1 amide bonds. The first-order valence-electron chi connectivity index (χ1n) is 4.59. The van der Waals surface area contributed by atoms with Gasteiger partial charge in [-0.15, -0.1) is 0 Å². The van der Waals surface area contributed by atoms with E-state index in [1.165, 1.54) is 6.20 Å². The zero-order valence-corrected chi connectivity index (χ0v) is 9.01. The van der Waals surface area contributed by atoms with Crippen LogP contribution in [0.5, 0.6) is 0 Å². The van der Waals surface area contributed by atoms with Crippen molar-refractivity contribution >= 4 is 17.3 Å². The van der Waals surface area contributed by atoms with Gasteiger partial charge in [-0.05, 0) is 26.0 Å². The molecule has 0 bridgehead atoms. The predicted octanol–water partition coefficient (Wildman–Crippen LogP) is 1.04. The third-order valence-electron chi connectivity index (χ3n) is 1.92. The Morgan fingerprint density at radius 2 is 2.19 bits per heavy atom. The lowest BCUT2D eigenvalue weighted by Gasteiger charge is -2.00. The molecular formula is C10H12N4O2. The number of amides is 1. The molecule has 0 unspecified atom stereocenters. The van der Waals surface area contributed by atoms with E-state index in [1.807, 2.05) is 0 Å². The Bertz CT molecular complexity index is 426. The van der Waals surface area contributed by atoms with Gasteiger partial charge in [0.1, 0.15) is 0 Å². The molecule has 16 heavy (non-hydrogen) atoms. The Hall–Kier alpha value is -2.24. The van der Waals surface area contributed by atoms with Gasteiger partial charge in [0.15, 0.2) is 0 Å². The Balaban J connectivity index is 2.67. The van der Waals surface area contributed by atoms with Crippen molar-refractivity contribution < 1.29 is 10.0 Å². The summed E-state index contributed by atoms with van der Waals surface area (Å²) in [4.78, 5) is 15.3. The first kappa shape index (κ1) is 11.8. The quantitative estimate of drug-likeness (QED) is 0.453. The lowest BCUT2D eigenvalue weighted by atomic mass is 10.3. The Kier molecular flexibility index (Phi) is 4.14. The number of aromatic nitrogens is 1. The summed E-state index contributed by atoms with van der Waals surface area (Å²) in [5.74, 6) is -0.363. The number of carbonyl (C=O) groups excluding carboxylic acids is 1. The summed E-state index contributed by atoms with van der Waals surface area (Å²) in [5, 5.41) is 15.2. The molecule has 84 valence electrons. The molecule has 0 aliphatic carbocycles. The van der Waals surface area contributed by atoms with Crippen LogP contribution in [-0.2, 0) is 0 Å². The smallest absolute Gasteiger partial charge is 0.272 e. The summed E-state index contributed by atoms with van der Waals surface area (Å²) in [6, 6.07) is 3.28. The monoisotopic (exact) mass is 220 g/mol. The van der Waals surface area contributed by atoms with E-state index in [2.05, 4.69) is 20.7 Å². The van der Waals surface area contributed by atoms with Crippen LogP contribution in [-0.4, -0.2) is 27.5 Å². The number of hydrogen-bond donors (Lipinski definition) is 2. The highest BCUT2D eigenvalue weighted by atomic mass is 16.4. The van der Waals surface area contributed by atoms with E-state index in [-0.39, 0.29) is 5.91 Å². The van der Waals surface area contributed by atoms with Crippen molar-refractivity contribution in [1.29, 1.82) is 0 Å². The molecule has 1 aromatic heterocycles. The molecule has 1 rings (SSSR count). The first-order valence-corrected chi connectivity index (χ1v) is 4.59. The minimum absolute atomic E-state index is 0.339. The minimum Gasteiger partial charge on any atom is -0.411 e. The largest absolute Gasteiger partial charge is 0.411 e. The molecular weight excluding hydrogens is 208 g/mol. The maximum absolute atomic E-state index is 11.5. The third-order valence-corrected chi connectivity index (χ3v) is 1.92. The summed E-state index contributed by atoms with van der Waals surface area (Å²) < 4.78 is 0. The number of hydrazone groups is 1. The number of oxime groups is 1. The molecule has 0 atom stereocenters. The second kappa shape index (κ2) is 5.59. The van der Waals surface area contributed by atoms with Gasteiger partial charge in [-0.2, -0.15) is 5.10 Å². The molecule has 0 aliphatic heterocycles. The summed E-state index contributed by atoms with van der Waals surface area (Å²) in [6.45, 7) is 3.20. The van der Waals surface area contributed by atoms with E-state index in [0.717, 1.165) is 0 Å². The van der Waals surface area contributed by atoms with Crippen molar-refractivity contribution in [3.63, 3.8) is 0 Å². The van der Waals surface area contributed by atoms with E-state index < -0.39 is 0 Å². The van der Waals surface area contributed by atoms with Crippen molar-refractivity contribution in [3.8, 4) is 0 Å². The highest BCUT2D eigenvalue weighted by molar-refractivity contribution is 6.40. The fraction of sp³-hybridized carbons (Fsp3) is 0.200. The molecule has 0 aliphatic rings. The fourth-order valence-electron chi connectivity index (χ4n) is 0.850. The van der Waals surface area contributed by atoms with Gasteiger partial charge < -0.3 is 5.21 Å². The van der Waals surface area contributed by atoms with Gasteiger partial charge in [-0.25, -0.2) is 5.43 Å². The zero-order chi connectivity index (χ0) is 12.0. The molecule has 1 heterocycles. The van der Waals surface area contributed by atoms with Gasteiger partial charge >= 0.3 is 0 Å². The molecule has 2 N–H and O–H groups in total. The van der Waals surface area contributed by atoms with Gasteiger partial charge in [0, 0.05) is 12.4 Å². The molecule has 1 aromatic rings. The SMILES string of the molecule is CC(=NO)C(C)=NNC(=O)c1cccnc1. The summed E-state index contributed by atoms with van der Waals surface area (Å²) in [7, 11) is 0. The molecule has 0 fully saturated rings. The van der Waals surface area contributed by atoms with E-state index >= 15 is 0 Å². The van der Waals surface area contributed by atoms with Crippen LogP contribution in [0.2, 0.25) is 0 Å². The average molecular weight is 220 g/mol. The lowest BCUT2D eigenvalue weighted by Crippen LogP contribution is -2.21. The van der Waals surface area contributed by atoms with Gasteiger partial charge in [-0.1, -0.05) is 5.16 Å². The molecule has 0 radical (unpaired) electrons. The molecule has 0 saturated carbocycles. The summed E-state index contributed by atoms with van der Waals surface area (Å²) in [6.07, 6.45) is 3.01. The van der Waals surface area contributed by atoms with Crippen LogP contribution in [0.1, 0.15) is 24.2 Å². The first-order chi connectivity index (χ1) is 7.65. The second-order valence-electron chi connectivity index (χ2n) is 3.07. The molecule has 0 aromatic carbocycles. The van der Waals surface area contributed by atoms with Gasteiger partial charge in [0.05, 0.1) is 17.0 Å². The normalized spacial score (nSPS) is 12.4. The minimum atomic E-state index is -0.363. The predicted molar refractivity (Wildman–Crippen MR) is 59.7 cm³/mol. The van der Waals surface area contributed by atoms with Gasteiger partial charge in [0.2, 0.25) is 0 Å². The average Bonchev–Trinajstić information content (AvgIpc) is 2.35. The van der Waals surface area contributed by atoms with Crippen molar-refractivity contribution in [3.05, 3.63) is 30.1 Å². The van der Waals surface area contributed by atoms with Crippen LogP contribution in [0.4, 0.5) is 0 Å². The maximum atomic E-state index is 11.5. The standard InChI is InChI=1S/C10H12N4O2/c1-7(8(2)14-16)12-13-10(15)9-4-3-5-11-6-9/h3-6,16H,1-2H3,(H,13,15). The van der Waals surface area contributed by atoms with Crippen LogP contribution >= 0.6 is 0 Å². The Morgan fingerprint density at radius 1 is 1.44 bits per heavy atom. The number of nitrogens with one attached hydrogen (secondary N) is 1. The van der Waals surface area contributed by atoms with E-state index in [0.29, 0.717) is 17.0 Å². The lowest BCUT2D eigenvalue weighted by molar-refractivity contribution is 0.0954. The van der Waals surface area contributed by atoms with Crippen LogP contribution in [0.3, 0.4) is 0 Å². The van der Waals surface area contributed by atoms with E-state index in [1.54, 1.807) is 32.2 Å². The van der Waals surface area contributed by atoms with E-state index in [9.17, 15) is 4.79 Å². The zero-order valence-electron chi connectivity index (χ0n) is 9.01. The van der Waals surface area contributed by atoms with Crippen molar-refractivity contribution in [2.24, 2.45) is 10.3 Å². The summed E-state index contributed by atoms with van der Waals surface area (Å²) >= 11 is 0. The Morgan fingerprint density at radius 3 is 2.75 bits per heavy atom. The topological polar surface area (TPSA) is 86.9 Å². The van der Waals surface area contributed by atoms with Crippen LogP contribution in [0, 0.1) is 0 Å². The number of hydrogen-bond acceptors (Lipinski definition) is 5. The second-order valence-corrected chi connectivity index (χ2v) is 3.07. The molecule has 0 spiro atoms. The van der Waals surface area contributed by atoms with Crippen molar-refractivity contribution in [1.82, 2.24) is 10.4 Å².